The predicted octanol–water partition coefficient (Wildman–Crippen LogP) is 0.121. The van der Waals surface area contributed by atoms with E-state index in [9.17, 15) is 38.1 Å². The number of likely N-dealkylation sites (N-methyl/N-ethyl adjacent to an activating group) is 1. The van der Waals surface area contributed by atoms with Crippen LogP contribution < -0.4 is 15.4 Å². The van der Waals surface area contributed by atoms with Crippen LogP contribution in [0.4, 0.5) is 5.69 Å². The fourth-order valence-corrected chi connectivity index (χ4v) is 6.53. The summed E-state index contributed by atoms with van der Waals surface area (Å²) in [6, 6.07) is 0.812. The summed E-state index contributed by atoms with van der Waals surface area (Å²) >= 11 is 0. The van der Waals surface area contributed by atoms with Gasteiger partial charge in [-0.15, -0.1) is 0 Å². The van der Waals surface area contributed by atoms with Gasteiger partial charge in [-0.3, -0.25) is 19.3 Å². The van der Waals surface area contributed by atoms with Gasteiger partial charge in [-0.1, -0.05) is 0 Å². The molecule has 4 rings (SSSR count). The number of hydrogen-bond donors (Lipinski definition) is 5. The minimum absolute atomic E-state index is 0.0388. The van der Waals surface area contributed by atoms with Crippen LogP contribution in [0.2, 0.25) is 0 Å². The van der Waals surface area contributed by atoms with E-state index in [1.807, 2.05) is 0 Å². The van der Waals surface area contributed by atoms with Crippen molar-refractivity contribution in [1.82, 2.24) is 9.62 Å². The lowest BCUT2D eigenvalue weighted by Gasteiger charge is -2.46. The molecule has 3 aliphatic carbocycles. The Morgan fingerprint density at radius 2 is 1.76 bits per heavy atom. The molecule has 13 heteroatoms. The van der Waals surface area contributed by atoms with Crippen molar-refractivity contribution in [3.63, 3.8) is 0 Å². The summed E-state index contributed by atoms with van der Waals surface area (Å²) in [5, 5.41) is 33.3. The number of amides is 1. The zero-order valence-electron chi connectivity index (χ0n) is 21.8. The van der Waals surface area contributed by atoms with Crippen LogP contribution in [-0.2, 0) is 32.6 Å². The van der Waals surface area contributed by atoms with Gasteiger partial charge in [0.15, 0.2) is 11.6 Å². The molecule has 0 spiro atoms. The van der Waals surface area contributed by atoms with Crippen molar-refractivity contribution in [1.29, 1.82) is 0 Å². The number of carbonyl (C=O) groups is 3. The highest BCUT2D eigenvalue weighted by molar-refractivity contribution is 7.88. The van der Waals surface area contributed by atoms with Crippen molar-refractivity contribution in [3.05, 3.63) is 45.4 Å². The Morgan fingerprint density at radius 1 is 1.13 bits per heavy atom. The number of allylic oxidation sites excluding steroid dienone is 2. The van der Waals surface area contributed by atoms with Gasteiger partial charge in [0.25, 0.3) is 5.91 Å². The maximum absolute atomic E-state index is 13.9. The largest absolute Gasteiger partial charge is 0.511 e. The summed E-state index contributed by atoms with van der Waals surface area (Å²) in [4.78, 5) is 42.6. The van der Waals surface area contributed by atoms with Crippen LogP contribution in [0.1, 0.15) is 27.9 Å². The lowest BCUT2D eigenvalue weighted by atomic mass is 9.60. The van der Waals surface area contributed by atoms with E-state index >= 15 is 0 Å². The van der Waals surface area contributed by atoms with Crippen molar-refractivity contribution in [2.75, 3.05) is 39.3 Å². The van der Waals surface area contributed by atoms with Gasteiger partial charge >= 0.3 is 0 Å². The van der Waals surface area contributed by atoms with E-state index in [-0.39, 0.29) is 36.1 Å². The second kappa shape index (κ2) is 9.40. The van der Waals surface area contributed by atoms with E-state index in [4.69, 9.17) is 5.73 Å². The highest BCUT2D eigenvalue weighted by atomic mass is 32.2. The van der Waals surface area contributed by atoms with Crippen molar-refractivity contribution < 1.29 is 38.1 Å². The van der Waals surface area contributed by atoms with Gasteiger partial charge in [0, 0.05) is 37.5 Å². The zero-order chi connectivity index (χ0) is 28.4. The summed E-state index contributed by atoms with van der Waals surface area (Å²) in [5.74, 6) is -6.49. The summed E-state index contributed by atoms with van der Waals surface area (Å²) in [7, 11) is 3.23. The van der Waals surface area contributed by atoms with Crippen molar-refractivity contribution in [3.8, 4) is 5.75 Å². The highest BCUT2D eigenvalue weighted by Gasteiger charge is 2.54. The smallest absolute Gasteiger partial charge is 0.255 e. The molecule has 206 valence electrons. The molecule has 0 radical (unpaired) electrons. The van der Waals surface area contributed by atoms with Crippen molar-refractivity contribution in [2.24, 2.45) is 23.5 Å². The zero-order valence-corrected chi connectivity index (χ0v) is 22.6. The number of primary amides is 1. The third kappa shape index (κ3) is 4.33. The monoisotopic (exact) mass is 548 g/mol. The molecule has 0 aliphatic heterocycles. The van der Waals surface area contributed by atoms with Gasteiger partial charge in [-0.2, -0.15) is 0 Å². The van der Waals surface area contributed by atoms with Crippen LogP contribution >= 0.6 is 0 Å². The van der Waals surface area contributed by atoms with Gasteiger partial charge in [0.2, 0.25) is 10.0 Å². The number of fused-ring (bicyclic) bond motifs is 3. The maximum atomic E-state index is 13.9. The third-order valence-corrected chi connectivity index (χ3v) is 8.30. The van der Waals surface area contributed by atoms with Gasteiger partial charge < -0.3 is 26.0 Å². The molecule has 0 aromatic heterocycles. The molecule has 0 saturated heterocycles. The van der Waals surface area contributed by atoms with E-state index < -0.39 is 74.1 Å². The maximum Gasteiger partial charge on any atom is 0.255 e. The highest BCUT2D eigenvalue weighted by Crippen LogP contribution is 2.51. The van der Waals surface area contributed by atoms with E-state index in [0.717, 1.165) is 6.26 Å². The lowest BCUT2D eigenvalue weighted by molar-refractivity contribution is -0.127. The number of phenolic OH excluding ortho intramolecular Hbond substituents is 1. The molecular formula is C25H32N4O8S. The number of anilines is 1. The molecule has 4 atom stereocenters. The summed E-state index contributed by atoms with van der Waals surface area (Å²) in [6.45, 7) is -0.264. The first kappa shape index (κ1) is 27.6. The average molecular weight is 549 g/mol. The van der Waals surface area contributed by atoms with E-state index in [2.05, 4.69) is 4.72 Å². The number of hydrogen-bond acceptors (Lipinski definition) is 10. The number of aromatic hydroxyl groups is 1. The SMILES string of the molecule is CN(C)c1cc(CNS(C)(=O)=O)c(O)c2c1CC1CC3C(C(=O)C(C(N)=O)=C(O)[C@H]3N(C)C)C(O)=C1C2=O. The van der Waals surface area contributed by atoms with E-state index in [0.29, 0.717) is 11.3 Å². The summed E-state index contributed by atoms with van der Waals surface area (Å²) in [6.07, 6.45) is 1.46. The summed E-state index contributed by atoms with van der Waals surface area (Å²) in [5.41, 5.74) is 5.97. The molecule has 0 bridgehead atoms. The molecule has 0 heterocycles. The molecule has 1 aromatic rings. The number of aliphatic hydroxyl groups excluding tert-OH is 2. The molecule has 38 heavy (non-hydrogen) atoms. The third-order valence-electron chi connectivity index (χ3n) is 7.63. The number of aliphatic hydroxyl groups is 2. The standard InChI is InChI=1S/C25H32N4O8S/c1-28(2)14-8-11(9-27-38(5,36)37)20(30)16-12(14)6-10-7-13-17(22(32)15(10)21(16)31)23(33)18(25(26)35)24(34)19(13)29(3)4/h8,10,13,17,19,27,30,32,34H,6-7,9H2,1-5H3,(H2,26,35)/t10?,13?,17?,19-/m0/s1. The Kier molecular flexibility index (Phi) is 6.83. The first-order chi connectivity index (χ1) is 17.6. The number of nitrogens with two attached hydrogens (primary N) is 1. The van der Waals surface area contributed by atoms with Gasteiger partial charge in [0.1, 0.15) is 22.8 Å². The van der Waals surface area contributed by atoms with E-state index in [1.165, 1.54) is 0 Å². The number of Topliss-reactive ketones (excluding diaryl/α,β-unsaturated/α-hetero) is 2. The topological polar surface area (TPSA) is 191 Å². The quantitative estimate of drug-likeness (QED) is 0.305. The first-order valence-corrected chi connectivity index (χ1v) is 13.9. The van der Waals surface area contributed by atoms with E-state index in [1.54, 1.807) is 44.1 Å². The minimum Gasteiger partial charge on any atom is -0.511 e. The van der Waals surface area contributed by atoms with Crippen LogP contribution in [0.3, 0.4) is 0 Å². The fourth-order valence-electron chi connectivity index (χ4n) is 6.11. The number of rotatable bonds is 6. The number of carbonyl (C=O) groups excluding carboxylic acids is 3. The second-order valence-electron chi connectivity index (χ2n) is 10.5. The van der Waals surface area contributed by atoms with Crippen molar-refractivity contribution in [2.45, 2.75) is 25.4 Å². The molecular weight excluding hydrogens is 516 g/mol. The Balaban J connectivity index is 1.90. The average Bonchev–Trinajstić information content (AvgIpc) is 2.76. The number of sulfonamides is 1. The molecule has 1 amide bonds. The summed E-state index contributed by atoms with van der Waals surface area (Å²) < 4.78 is 25.6. The molecule has 0 fully saturated rings. The molecule has 3 unspecified atom stereocenters. The van der Waals surface area contributed by atoms with Crippen LogP contribution in [0.5, 0.6) is 5.75 Å². The van der Waals surface area contributed by atoms with Crippen LogP contribution in [0, 0.1) is 17.8 Å². The number of benzene rings is 1. The Morgan fingerprint density at radius 3 is 2.29 bits per heavy atom. The predicted molar refractivity (Wildman–Crippen MR) is 138 cm³/mol. The number of phenols is 1. The Labute approximate surface area is 220 Å². The second-order valence-corrected chi connectivity index (χ2v) is 12.4. The molecule has 6 N–H and O–H groups in total. The number of ketones is 2. The number of nitrogens with one attached hydrogen (secondary N) is 1. The van der Waals surface area contributed by atoms with Gasteiger partial charge in [0.05, 0.1) is 23.8 Å². The molecule has 0 saturated carbocycles. The normalized spacial score (nSPS) is 25.3. The Hall–Kier alpha value is -3.42. The van der Waals surface area contributed by atoms with Crippen LogP contribution in [0.25, 0.3) is 0 Å². The van der Waals surface area contributed by atoms with Crippen LogP contribution in [-0.4, -0.2) is 86.6 Å². The van der Waals surface area contributed by atoms with Gasteiger partial charge in [-0.05, 0) is 50.4 Å². The van der Waals surface area contributed by atoms with Crippen molar-refractivity contribution >= 4 is 33.2 Å². The minimum atomic E-state index is -3.60. The lowest BCUT2D eigenvalue weighted by Crippen LogP contribution is -2.53. The molecule has 3 aliphatic rings. The fraction of sp³-hybridized carbons (Fsp3) is 0.480. The number of nitrogens with zero attached hydrogens (tertiary/aromatic N) is 2. The van der Waals surface area contributed by atoms with Gasteiger partial charge in [-0.25, -0.2) is 13.1 Å². The molecule has 12 nitrogen and oxygen atoms in total. The van der Waals surface area contributed by atoms with Crippen LogP contribution in [0.15, 0.2) is 28.7 Å². The Bertz CT molecular complexity index is 1430. The molecule has 1 aromatic carbocycles. The first-order valence-electron chi connectivity index (χ1n) is 12.0.